The Labute approximate surface area is 94.1 Å². The molecule has 0 amide bonds. The minimum atomic E-state index is 0.707. The van der Waals surface area contributed by atoms with Gasteiger partial charge in [-0.05, 0) is 60.7 Å². The Morgan fingerprint density at radius 1 is 1.33 bits per heavy atom. The summed E-state index contributed by atoms with van der Waals surface area (Å²) >= 11 is 0. The smallest absolute Gasteiger partial charge is 0.0136 e. The van der Waals surface area contributed by atoms with E-state index < -0.39 is 0 Å². The van der Waals surface area contributed by atoms with Gasteiger partial charge in [-0.15, -0.1) is 0 Å². The molecule has 0 heterocycles. The molecule has 84 valence electrons. The number of allylic oxidation sites excluding steroid dienone is 1. The molecule has 0 aliphatic heterocycles. The average molecular weight is 204 g/mol. The Kier molecular flexibility index (Phi) is 1.92. The van der Waals surface area contributed by atoms with Gasteiger partial charge in [0, 0.05) is 0 Å². The normalized spacial score (nSPS) is 52.9. The third-order valence-corrected chi connectivity index (χ3v) is 6.01. The molecular weight excluding hydrogens is 180 g/mol. The van der Waals surface area contributed by atoms with Crippen LogP contribution in [0.15, 0.2) is 12.2 Å². The maximum Gasteiger partial charge on any atom is -0.0136 e. The highest BCUT2D eigenvalue weighted by atomic mass is 14.7. The second-order valence-electron chi connectivity index (χ2n) is 6.81. The first-order valence-electron chi connectivity index (χ1n) is 6.73. The quantitative estimate of drug-likeness (QED) is 0.559. The topological polar surface area (TPSA) is 0 Å². The summed E-state index contributed by atoms with van der Waals surface area (Å²) in [6.45, 7) is 11.7. The van der Waals surface area contributed by atoms with E-state index in [-0.39, 0.29) is 0 Å². The van der Waals surface area contributed by atoms with Crippen LogP contribution < -0.4 is 0 Å². The van der Waals surface area contributed by atoms with Crippen molar-refractivity contribution in [2.75, 3.05) is 0 Å². The second-order valence-corrected chi connectivity index (χ2v) is 6.81. The van der Waals surface area contributed by atoms with Crippen LogP contribution in [0.4, 0.5) is 0 Å². The van der Waals surface area contributed by atoms with E-state index in [2.05, 4.69) is 27.4 Å². The maximum absolute atomic E-state index is 4.32. The molecule has 0 heteroatoms. The summed E-state index contributed by atoms with van der Waals surface area (Å²) in [4.78, 5) is 0. The Morgan fingerprint density at radius 3 is 2.73 bits per heavy atom. The van der Waals surface area contributed by atoms with Crippen LogP contribution in [0.25, 0.3) is 0 Å². The summed E-state index contributed by atoms with van der Waals surface area (Å²) in [7, 11) is 0. The van der Waals surface area contributed by atoms with Crippen molar-refractivity contribution >= 4 is 0 Å². The van der Waals surface area contributed by atoms with E-state index in [0.717, 1.165) is 29.6 Å². The predicted molar refractivity (Wildman–Crippen MR) is 64.5 cm³/mol. The number of rotatable bonds is 1. The molecule has 3 aliphatic rings. The standard InChI is InChI=1S/C15H24/c1-9(2)11-7-8-15(4)12-6-5-10(3)13(12)14(11)15/h9,11-14H,3,5-8H2,1-2,4H3. The first-order chi connectivity index (χ1) is 7.05. The van der Waals surface area contributed by atoms with Gasteiger partial charge in [0.05, 0.1) is 0 Å². The van der Waals surface area contributed by atoms with Crippen LogP contribution in [0, 0.1) is 35.0 Å². The van der Waals surface area contributed by atoms with Crippen molar-refractivity contribution in [3.63, 3.8) is 0 Å². The molecule has 0 aromatic rings. The van der Waals surface area contributed by atoms with Gasteiger partial charge < -0.3 is 0 Å². The molecule has 3 saturated carbocycles. The molecular formula is C15H24. The molecule has 5 unspecified atom stereocenters. The van der Waals surface area contributed by atoms with Gasteiger partial charge in [-0.2, -0.15) is 0 Å². The fraction of sp³-hybridized carbons (Fsp3) is 0.867. The molecule has 0 bridgehead atoms. The Hall–Kier alpha value is -0.260. The zero-order valence-electron chi connectivity index (χ0n) is 10.4. The Balaban J connectivity index is 1.91. The minimum Gasteiger partial charge on any atom is -0.0996 e. The van der Waals surface area contributed by atoms with E-state index in [0.29, 0.717) is 5.41 Å². The van der Waals surface area contributed by atoms with E-state index in [1.54, 1.807) is 5.57 Å². The highest BCUT2D eigenvalue weighted by Gasteiger charge is 2.66. The predicted octanol–water partition coefficient (Wildman–Crippen LogP) is 4.27. The molecule has 0 N–H and O–H groups in total. The first kappa shape index (κ1) is 9.93. The molecule has 0 spiro atoms. The molecule has 3 aliphatic carbocycles. The third-order valence-electron chi connectivity index (χ3n) is 6.01. The third kappa shape index (κ3) is 1.04. The van der Waals surface area contributed by atoms with Gasteiger partial charge in [0.25, 0.3) is 0 Å². The van der Waals surface area contributed by atoms with E-state index in [4.69, 9.17) is 0 Å². The molecule has 0 aromatic carbocycles. The molecule has 3 fully saturated rings. The maximum atomic E-state index is 4.32. The van der Waals surface area contributed by atoms with Crippen LogP contribution in [0.1, 0.15) is 46.5 Å². The summed E-state index contributed by atoms with van der Waals surface area (Å²) < 4.78 is 0. The van der Waals surface area contributed by atoms with Crippen molar-refractivity contribution in [3.8, 4) is 0 Å². The van der Waals surface area contributed by atoms with Crippen molar-refractivity contribution in [2.45, 2.75) is 46.5 Å². The Morgan fingerprint density at radius 2 is 2.07 bits per heavy atom. The van der Waals surface area contributed by atoms with E-state index in [1.165, 1.54) is 25.7 Å². The van der Waals surface area contributed by atoms with Crippen molar-refractivity contribution in [1.82, 2.24) is 0 Å². The van der Waals surface area contributed by atoms with E-state index in [9.17, 15) is 0 Å². The summed E-state index contributed by atoms with van der Waals surface area (Å²) in [6.07, 6.45) is 5.75. The van der Waals surface area contributed by atoms with Gasteiger partial charge in [0.15, 0.2) is 0 Å². The Bertz CT molecular complexity index is 301. The highest BCUT2D eigenvalue weighted by molar-refractivity contribution is 5.25. The van der Waals surface area contributed by atoms with Gasteiger partial charge in [-0.25, -0.2) is 0 Å². The van der Waals surface area contributed by atoms with Crippen molar-refractivity contribution in [3.05, 3.63) is 12.2 Å². The molecule has 3 rings (SSSR count). The summed E-state index contributed by atoms with van der Waals surface area (Å²) in [5.74, 6) is 4.80. The monoisotopic (exact) mass is 204 g/mol. The van der Waals surface area contributed by atoms with Crippen LogP contribution in [0.3, 0.4) is 0 Å². The lowest BCUT2D eigenvalue weighted by atomic mass is 9.47. The van der Waals surface area contributed by atoms with Gasteiger partial charge in [0.1, 0.15) is 0 Å². The SMILES string of the molecule is C=C1CCC2C1C1C(C(C)C)CCC21C. The molecule has 0 radical (unpaired) electrons. The highest BCUT2D eigenvalue weighted by Crippen LogP contribution is 2.73. The van der Waals surface area contributed by atoms with E-state index in [1.807, 2.05) is 0 Å². The summed E-state index contributed by atoms with van der Waals surface area (Å²) in [6, 6.07) is 0. The zero-order chi connectivity index (χ0) is 10.8. The average Bonchev–Trinajstić information content (AvgIpc) is 2.62. The minimum absolute atomic E-state index is 0.707. The lowest BCUT2D eigenvalue weighted by Crippen LogP contribution is -2.52. The lowest BCUT2D eigenvalue weighted by Gasteiger charge is -2.57. The van der Waals surface area contributed by atoms with E-state index >= 15 is 0 Å². The molecule has 0 nitrogen and oxygen atoms in total. The van der Waals surface area contributed by atoms with Crippen LogP contribution in [0.5, 0.6) is 0 Å². The van der Waals surface area contributed by atoms with Crippen LogP contribution in [0.2, 0.25) is 0 Å². The molecule has 0 saturated heterocycles. The van der Waals surface area contributed by atoms with Crippen molar-refractivity contribution < 1.29 is 0 Å². The summed E-state index contributed by atoms with van der Waals surface area (Å²) in [5, 5.41) is 0. The van der Waals surface area contributed by atoms with Crippen LogP contribution in [-0.2, 0) is 0 Å². The summed E-state index contributed by atoms with van der Waals surface area (Å²) in [5.41, 5.74) is 2.30. The first-order valence-corrected chi connectivity index (χ1v) is 6.73. The van der Waals surface area contributed by atoms with Gasteiger partial charge in [0.2, 0.25) is 0 Å². The van der Waals surface area contributed by atoms with Crippen molar-refractivity contribution in [1.29, 1.82) is 0 Å². The second kappa shape index (κ2) is 2.90. The lowest BCUT2D eigenvalue weighted by molar-refractivity contribution is -0.0770. The van der Waals surface area contributed by atoms with Crippen molar-refractivity contribution in [2.24, 2.45) is 35.0 Å². The van der Waals surface area contributed by atoms with Crippen LogP contribution >= 0.6 is 0 Å². The largest absolute Gasteiger partial charge is 0.0996 e. The fourth-order valence-electron chi connectivity index (χ4n) is 5.27. The van der Waals surface area contributed by atoms with Gasteiger partial charge >= 0.3 is 0 Å². The van der Waals surface area contributed by atoms with Gasteiger partial charge in [-0.3, -0.25) is 0 Å². The number of hydrogen-bond donors (Lipinski definition) is 0. The fourth-order valence-corrected chi connectivity index (χ4v) is 5.27. The number of fused-ring (bicyclic) bond motifs is 4. The zero-order valence-corrected chi connectivity index (χ0v) is 10.4. The van der Waals surface area contributed by atoms with Gasteiger partial charge in [-0.1, -0.05) is 32.9 Å². The van der Waals surface area contributed by atoms with Crippen LogP contribution in [-0.4, -0.2) is 0 Å². The number of hydrogen-bond acceptors (Lipinski definition) is 0. The molecule has 5 atom stereocenters. The molecule has 0 aromatic heterocycles. The molecule has 15 heavy (non-hydrogen) atoms.